The molecule has 11 heteroatoms. The molecule has 0 aliphatic heterocycles. The number of benzene rings is 2. The molecule has 0 saturated heterocycles. The zero-order valence-corrected chi connectivity index (χ0v) is 23.3. The lowest BCUT2D eigenvalue weighted by Gasteiger charge is -2.31. The minimum Gasteiger partial charge on any atom is -0.497 e. The molecule has 198 valence electrons. The molecule has 0 spiro atoms. The first-order chi connectivity index (χ1) is 17.0. The van der Waals surface area contributed by atoms with E-state index in [9.17, 15) is 18.0 Å². The minimum atomic E-state index is -3.59. The van der Waals surface area contributed by atoms with Gasteiger partial charge < -0.3 is 15.0 Å². The van der Waals surface area contributed by atoms with Crippen LogP contribution in [0.4, 0.5) is 5.69 Å². The van der Waals surface area contributed by atoms with Crippen molar-refractivity contribution >= 4 is 50.7 Å². The molecule has 0 heterocycles. The highest BCUT2D eigenvalue weighted by Gasteiger charge is 2.29. The predicted molar refractivity (Wildman–Crippen MR) is 144 cm³/mol. The van der Waals surface area contributed by atoms with Gasteiger partial charge in [-0.3, -0.25) is 13.9 Å². The van der Waals surface area contributed by atoms with Gasteiger partial charge in [0.1, 0.15) is 11.8 Å². The van der Waals surface area contributed by atoms with Gasteiger partial charge >= 0.3 is 0 Å². The lowest BCUT2D eigenvalue weighted by molar-refractivity contribution is -0.141. The van der Waals surface area contributed by atoms with Crippen molar-refractivity contribution in [1.29, 1.82) is 0 Å². The first kappa shape index (κ1) is 29.7. The molecule has 0 aliphatic carbocycles. The zero-order valence-electron chi connectivity index (χ0n) is 21.0. The van der Waals surface area contributed by atoms with Crippen molar-refractivity contribution in [2.24, 2.45) is 0 Å². The fourth-order valence-corrected chi connectivity index (χ4v) is 5.30. The second-order valence-electron chi connectivity index (χ2n) is 8.18. The predicted octanol–water partition coefficient (Wildman–Crippen LogP) is 4.49. The highest BCUT2D eigenvalue weighted by Crippen LogP contribution is 2.28. The maximum Gasteiger partial charge on any atom is 0.242 e. The Labute approximate surface area is 223 Å². The largest absolute Gasteiger partial charge is 0.497 e. The Morgan fingerprint density at radius 1 is 1.06 bits per heavy atom. The van der Waals surface area contributed by atoms with Gasteiger partial charge in [-0.2, -0.15) is 0 Å². The first-order valence-corrected chi connectivity index (χ1v) is 14.3. The molecule has 1 N–H and O–H groups in total. The maximum atomic E-state index is 13.4. The third-order valence-corrected chi connectivity index (χ3v) is 7.54. The highest BCUT2D eigenvalue weighted by atomic mass is 35.5. The van der Waals surface area contributed by atoms with Crippen molar-refractivity contribution in [2.45, 2.75) is 45.7 Å². The molecule has 0 aromatic heterocycles. The normalized spacial score (nSPS) is 12.1. The minimum absolute atomic E-state index is 0.0279. The van der Waals surface area contributed by atoms with E-state index in [1.807, 2.05) is 6.92 Å². The van der Waals surface area contributed by atoms with Crippen LogP contribution in [0.25, 0.3) is 0 Å². The molecule has 0 bridgehead atoms. The number of nitrogens with one attached hydrogen (secondary N) is 1. The van der Waals surface area contributed by atoms with Crippen molar-refractivity contribution in [1.82, 2.24) is 10.2 Å². The van der Waals surface area contributed by atoms with E-state index < -0.39 is 16.1 Å². The molecule has 2 aromatic rings. The lowest BCUT2D eigenvalue weighted by Crippen LogP contribution is -2.49. The Bertz CT molecular complexity index is 1120. The number of likely N-dealkylation sites (N-methyl/N-ethyl adjacent to an activating group) is 1. The summed E-state index contributed by atoms with van der Waals surface area (Å²) in [5.41, 5.74) is 1.02. The third-order valence-electron chi connectivity index (χ3n) is 5.64. The number of methoxy groups -OCH3 is 1. The summed E-state index contributed by atoms with van der Waals surface area (Å²) in [6.07, 6.45) is 1.78. The van der Waals surface area contributed by atoms with E-state index >= 15 is 0 Å². The molecule has 1 atom stereocenters. The van der Waals surface area contributed by atoms with E-state index in [1.54, 1.807) is 49.4 Å². The van der Waals surface area contributed by atoms with Crippen LogP contribution in [0.3, 0.4) is 0 Å². The van der Waals surface area contributed by atoms with Gasteiger partial charge in [0.05, 0.1) is 19.1 Å². The fourth-order valence-electron chi connectivity index (χ4n) is 3.82. The van der Waals surface area contributed by atoms with Crippen LogP contribution >= 0.6 is 23.2 Å². The number of ether oxygens (including phenoxy) is 1. The molecular weight excluding hydrogens is 525 g/mol. The van der Waals surface area contributed by atoms with Crippen LogP contribution in [0.15, 0.2) is 42.5 Å². The average Bonchev–Trinajstić information content (AvgIpc) is 2.83. The van der Waals surface area contributed by atoms with E-state index in [0.29, 0.717) is 40.0 Å². The number of carbonyl (C=O) groups excluding carboxylic acids is 2. The van der Waals surface area contributed by atoms with Gasteiger partial charge in [-0.15, -0.1) is 0 Å². The molecule has 2 rings (SSSR count). The number of rotatable bonds is 13. The molecule has 36 heavy (non-hydrogen) atoms. The van der Waals surface area contributed by atoms with Crippen LogP contribution in [0.2, 0.25) is 10.0 Å². The van der Waals surface area contributed by atoms with E-state index in [2.05, 4.69) is 5.32 Å². The average molecular weight is 559 g/mol. The second kappa shape index (κ2) is 13.7. The second-order valence-corrected chi connectivity index (χ2v) is 10.9. The van der Waals surface area contributed by atoms with Crippen LogP contribution in [-0.2, 0) is 26.2 Å². The SMILES string of the molecule is CCNC(=O)C(CC)N(Cc1c(Cl)cccc1Cl)C(=O)CCCN(c1ccc(OC)cc1)S(C)(=O)=O. The van der Waals surface area contributed by atoms with E-state index in [1.165, 1.54) is 16.3 Å². The number of amides is 2. The number of hydrogen-bond acceptors (Lipinski definition) is 5. The Balaban J connectivity index is 2.24. The lowest BCUT2D eigenvalue weighted by atomic mass is 10.1. The van der Waals surface area contributed by atoms with Crippen molar-refractivity contribution in [3.63, 3.8) is 0 Å². The molecule has 2 amide bonds. The summed E-state index contributed by atoms with van der Waals surface area (Å²) in [5, 5.41) is 3.57. The monoisotopic (exact) mass is 557 g/mol. The number of carbonyl (C=O) groups is 2. The highest BCUT2D eigenvalue weighted by molar-refractivity contribution is 7.92. The van der Waals surface area contributed by atoms with Crippen LogP contribution in [0.1, 0.15) is 38.7 Å². The molecule has 0 fully saturated rings. The fraction of sp³-hybridized carbons (Fsp3) is 0.440. The number of nitrogens with zero attached hydrogens (tertiary/aromatic N) is 2. The molecule has 1 unspecified atom stereocenters. The van der Waals surface area contributed by atoms with Gasteiger partial charge in [-0.05, 0) is 56.2 Å². The van der Waals surface area contributed by atoms with Gasteiger partial charge in [-0.25, -0.2) is 8.42 Å². The Kier molecular flexibility index (Phi) is 11.3. The molecule has 8 nitrogen and oxygen atoms in total. The van der Waals surface area contributed by atoms with Crippen LogP contribution < -0.4 is 14.4 Å². The molecule has 0 aliphatic rings. The molecular formula is C25H33Cl2N3O5S. The first-order valence-electron chi connectivity index (χ1n) is 11.6. The number of anilines is 1. The smallest absolute Gasteiger partial charge is 0.242 e. The Morgan fingerprint density at radius 3 is 2.17 bits per heavy atom. The van der Waals surface area contributed by atoms with E-state index in [0.717, 1.165) is 6.26 Å². The Morgan fingerprint density at radius 2 is 1.67 bits per heavy atom. The quantitative estimate of drug-likeness (QED) is 0.391. The number of hydrogen-bond donors (Lipinski definition) is 1. The van der Waals surface area contributed by atoms with Crippen molar-refractivity contribution in [3.8, 4) is 5.75 Å². The van der Waals surface area contributed by atoms with Gasteiger partial charge in [0.2, 0.25) is 21.8 Å². The molecule has 0 saturated carbocycles. The standard InChI is InChI=1S/C25H33Cl2N3O5S/c1-5-23(25(32)28-6-2)29(17-20-21(26)9-7-10-22(20)27)24(31)11-8-16-30(36(4,33)34)18-12-14-19(35-3)15-13-18/h7,9-10,12-15,23H,5-6,8,11,16-17H2,1-4H3,(H,28,32). The number of sulfonamides is 1. The zero-order chi connectivity index (χ0) is 26.9. The summed E-state index contributed by atoms with van der Waals surface area (Å²) in [7, 11) is -2.06. The third kappa shape index (κ3) is 8.01. The number of halogens is 2. The van der Waals surface area contributed by atoms with Crippen LogP contribution in [-0.4, -0.2) is 57.6 Å². The molecule has 2 aromatic carbocycles. The topological polar surface area (TPSA) is 96.0 Å². The Hall–Kier alpha value is -2.49. The summed E-state index contributed by atoms with van der Waals surface area (Å²) in [4.78, 5) is 27.6. The van der Waals surface area contributed by atoms with E-state index in [4.69, 9.17) is 27.9 Å². The summed E-state index contributed by atoms with van der Waals surface area (Å²) in [5.74, 6) is 0.0343. The van der Waals surface area contributed by atoms with E-state index in [-0.39, 0.29) is 37.7 Å². The van der Waals surface area contributed by atoms with Crippen molar-refractivity contribution in [2.75, 3.05) is 30.8 Å². The van der Waals surface area contributed by atoms with Gasteiger partial charge in [0.15, 0.2) is 0 Å². The van der Waals surface area contributed by atoms with Crippen LogP contribution in [0.5, 0.6) is 5.75 Å². The summed E-state index contributed by atoms with van der Waals surface area (Å²) < 4.78 is 31.3. The van der Waals surface area contributed by atoms with Gasteiger partial charge in [0, 0.05) is 41.7 Å². The maximum absolute atomic E-state index is 13.4. The summed E-state index contributed by atoms with van der Waals surface area (Å²) >= 11 is 12.7. The van der Waals surface area contributed by atoms with Gasteiger partial charge in [0.25, 0.3) is 0 Å². The summed E-state index contributed by atoms with van der Waals surface area (Å²) in [6, 6.07) is 11.0. The van der Waals surface area contributed by atoms with Crippen molar-refractivity contribution in [3.05, 3.63) is 58.1 Å². The van der Waals surface area contributed by atoms with Gasteiger partial charge in [-0.1, -0.05) is 36.2 Å². The summed E-state index contributed by atoms with van der Waals surface area (Å²) in [6.45, 7) is 4.20. The van der Waals surface area contributed by atoms with Crippen LogP contribution in [0, 0.1) is 0 Å². The molecule has 0 radical (unpaired) electrons. The van der Waals surface area contributed by atoms with Crippen molar-refractivity contribution < 1.29 is 22.7 Å².